The summed E-state index contributed by atoms with van der Waals surface area (Å²) >= 11 is 0. The zero-order valence-corrected chi connectivity index (χ0v) is 18.6. The van der Waals surface area contributed by atoms with Crippen LogP contribution in [0.3, 0.4) is 0 Å². The molecule has 2 fully saturated rings. The van der Waals surface area contributed by atoms with E-state index in [1.165, 1.54) is 37.7 Å². The smallest absolute Gasteiger partial charge is 0.123 e. The van der Waals surface area contributed by atoms with E-state index in [9.17, 15) is 4.39 Å². The lowest BCUT2D eigenvalue weighted by Gasteiger charge is -2.43. The Balaban J connectivity index is 0.00000150. The molecule has 160 valence electrons. The van der Waals surface area contributed by atoms with Crippen molar-refractivity contribution in [2.45, 2.75) is 50.6 Å². The lowest BCUT2D eigenvalue weighted by Crippen LogP contribution is -2.51. The van der Waals surface area contributed by atoms with E-state index in [4.69, 9.17) is 0 Å². The first-order valence-corrected chi connectivity index (χ1v) is 10.6. The van der Waals surface area contributed by atoms with Crippen LogP contribution in [0.2, 0.25) is 0 Å². The summed E-state index contributed by atoms with van der Waals surface area (Å²) in [7, 11) is 0. The minimum Gasteiger partial charge on any atom is -0.298 e. The number of hydrogen-bond acceptors (Lipinski definition) is 2. The molecule has 2 aliphatic rings. The Morgan fingerprint density at radius 3 is 2.17 bits per heavy atom. The van der Waals surface area contributed by atoms with Crippen molar-refractivity contribution in [1.29, 1.82) is 0 Å². The van der Waals surface area contributed by atoms with Crippen LogP contribution in [0.25, 0.3) is 0 Å². The zero-order chi connectivity index (χ0) is 18.5. The van der Waals surface area contributed by atoms with Crippen molar-refractivity contribution in [2.75, 3.05) is 26.2 Å². The predicted octanol–water partition coefficient (Wildman–Crippen LogP) is 5.90. The van der Waals surface area contributed by atoms with E-state index < -0.39 is 0 Å². The van der Waals surface area contributed by atoms with Gasteiger partial charge >= 0.3 is 0 Å². The average Bonchev–Trinajstić information content (AvgIpc) is 2.74. The van der Waals surface area contributed by atoms with Gasteiger partial charge in [0.2, 0.25) is 0 Å². The Kier molecular flexibility index (Phi) is 9.91. The van der Waals surface area contributed by atoms with Crippen LogP contribution in [0, 0.1) is 5.82 Å². The van der Waals surface area contributed by atoms with Gasteiger partial charge in [0.15, 0.2) is 0 Å². The molecule has 1 saturated carbocycles. The van der Waals surface area contributed by atoms with Crippen LogP contribution in [-0.4, -0.2) is 42.0 Å². The van der Waals surface area contributed by atoms with Gasteiger partial charge in [-0.3, -0.25) is 9.80 Å². The summed E-state index contributed by atoms with van der Waals surface area (Å²) in [6, 6.07) is 18.9. The highest BCUT2D eigenvalue weighted by Gasteiger charge is 2.29. The van der Waals surface area contributed by atoms with Crippen molar-refractivity contribution in [3.63, 3.8) is 0 Å². The van der Waals surface area contributed by atoms with Gasteiger partial charge in [-0.25, -0.2) is 4.39 Å². The number of piperazine rings is 1. The molecule has 1 atom stereocenters. The molecule has 0 aromatic heterocycles. The molecule has 1 unspecified atom stereocenters. The third-order valence-electron chi connectivity index (χ3n) is 6.39. The Morgan fingerprint density at radius 2 is 1.52 bits per heavy atom. The summed E-state index contributed by atoms with van der Waals surface area (Å²) in [4.78, 5) is 5.28. The summed E-state index contributed by atoms with van der Waals surface area (Å²) < 4.78 is 13.9. The fourth-order valence-corrected chi connectivity index (χ4v) is 4.87. The van der Waals surface area contributed by atoms with Gasteiger partial charge in [0.05, 0.1) is 0 Å². The highest BCUT2D eigenvalue weighted by molar-refractivity contribution is 5.85. The first-order chi connectivity index (χ1) is 13.3. The molecule has 4 rings (SSSR count). The van der Waals surface area contributed by atoms with Gasteiger partial charge in [0, 0.05) is 38.3 Å². The van der Waals surface area contributed by atoms with Gasteiger partial charge in [-0.15, -0.1) is 24.8 Å². The molecule has 2 aromatic rings. The van der Waals surface area contributed by atoms with E-state index in [0.29, 0.717) is 0 Å². The van der Waals surface area contributed by atoms with E-state index in [1.54, 1.807) is 12.1 Å². The fraction of sp³-hybridized carbons (Fsp3) is 0.500. The Morgan fingerprint density at radius 1 is 0.828 bits per heavy atom. The van der Waals surface area contributed by atoms with E-state index >= 15 is 0 Å². The second-order valence-electron chi connectivity index (χ2n) is 8.12. The second kappa shape index (κ2) is 11.9. The second-order valence-corrected chi connectivity index (χ2v) is 8.12. The summed E-state index contributed by atoms with van der Waals surface area (Å²) in [6.07, 6.45) is 7.88. The molecule has 2 aromatic carbocycles. The monoisotopic (exact) mass is 438 g/mol. The highest BCUT2D eigenvalue weighted by atomic mass is 35.5. The SMILES string of the molecule is Cl.Cl.Fc1cccc(C(Cc2ccccc2)N2CCN(C3CCCCC3)CC2)c1. The van der Waals surface area contributed by atoms with Gasteiger partial charge in [0.1, 0.15) is 5.82 Å². The molecule has 0 bridgehead atoms. The zero-order valence-electron chi connectivity index (χ0n) is 17.0. The first kappa shape index (κ1) is 24.1. The van der Waals surface area contributed by atoms with Gasteiger partial charge < -0.3 is 0 Å². The summed E-state index contributed by atoms with van der Waals surface area (Å²) in [5.41, 5.74) is 2.42. The summed E-state index contributed by atoms with van der Waals surface area (Å²) in [6.45, 7) is 4.44. The Labute approximate surface area is 187 Å². The van der Waals surface area contributed by atoms with Crippen molar-refractivity contribution in [2.24, 2.45) is 0 Å². The van der Waals surface area contributed by atoms with Crippen molar-refractivity contribution in [3.05, 3.63) is 71.5 Å². The molecule has 0 spiro atoms. The lowest BCUT2D eigenvalue weighted by molar-refractivity contribution is 0.0559. The van der Waals surface area contributed by atoms with E-state index in [-0.39, 0.29) is 36.7 Å². The lowest BCUT2D eigenvalue weighted by atomic mass is 9.93. The minimum atomic E-state index is -0.133. The Hall–Kier alpha value is -1.13. The molecule has 2 nitrogen and oxygen atoms in total. The molecular weight excluding hydrogens is 406 g/mol. The van der Waals surface area contributed by atoms with Crippen LogP contribution < -0.4 is 0 Å². The van der Waals surface area contributed by atoms with E-state index in [2.05, 4.69) is 46.2 Å². The molecule has 1 saturated heterocycles. The minimum absolute atomic E-state index is 0. The van der Waals surface area contributed by atoms with Gasteiger partial charge in [0.25, 0.3) is 0 Å². The molecule has 29 heavy (non-hydrogen) atoms. The predicted molar refractivity (Wildman–Crippen MR) is 124 cm³/mol. The molecule has 1 aliphatic heterocycles. The fourth-order valence-electron chi connectivity index (χ4n) is 4.87. The maximum absolute atomic E-state index is 13.9. The molecule has 1 heterocycles. The van der Waals surface area contributed by atoms with Gasteiger partial charge in [-0.1, -0.05) is 61.7 Å². The van der Waals surface area contributed by atoms with Crippen molar-refractivity contribution in [3.8, 4) is 0 Å². The molecule has 0 radical (unpaired) electrons. The van der Waals surface area contributed by atoms with Gasteiger partial charge in [-0.2, -0.15) is 0 Å². The maximum atomic E-state index is 13.9. The third-order valence-corrected chi connectivity index (χ3v) is 6.39. The number of halogens is 3. The maximum Gasteiger partial charge on any atom is 0.123 e. The van der Waals surface area contributed by atoms with Crippen LogP contribution in [-0.2, 0) is 6.42 Å². The Bertz CT molecular complexity index is 714. The number of rotatable bonds is 5. The van der Waals surface area contributed by atoms with Crippen molar-refractivity contribution in [1.82, 2.24) is 9.80 Å². The highest BCUT2D eigenvalue weighted by Crippen LogP contribution is 2.29. The number of hydrogen-bond donors (Lipinski definition) is 0. The van der Waals surface area contributed by atoms with Crippen LogP contribution in [0.5, 0.6) is 0 Å². The quantitative estimate of drug-likeness (QED) is 0.572. The molecule has 0 amide bonds. The third kappa shape index (κ3) is 6.42. The average molecular weight is 439 g/mol. The van der Waals surface area contributed by atoms with Crippen LogP contribution >= 0.6 is 24.8 Å². The van der Waals surface area contributed by atoms with Gasteiger partial charge in [-0.05, 0) is 42.5 Å². The van der Waals surface area contributed by atoms with Crippen molar-refractivity contribution >= 4 is 24.8 Å². The number of nitrogens with zero attached hydrogens (tertiary/aromatic N) is 2. The first-order valence-electron chi connectivity index (χ1n) is 10.6. The largest absolute Gasteiger partial charge is 0.298 e. The van der Waals surface area contributed by atoms with E-state index in [1.807, 2.05) is 6.07 Å². The normalized spacial score (nSPS) is 19.8. The van der Waals surface area contributed by atoms with E-state index in [0.717, 1.165) is 44.2 Å². The van der Waals surface area contributed by atoms with Crippen LogP contribution in [0.15, 0.2) is 54.6 Å². The van der Waals surface area contributed by atoms with Crippen molar-refractivity contribution < 1.29 is 4.39 Å². The molecule has 5 heteroatoms. The van der Waals surface area contributed by atoms with Crippen LogP contribution in [0.4, 0.5) is 4.39 Å². The summed E-state index contributed by atoms with van der Waals surface area (Å²) in [5, 5.41) is 0. The summed E-state index contributed by atoms with van der Waals surface area (Å²) in [5.74, 6) is -0.133. The molecular formula is C24H33Cl2FN2. The van der Waals surface area contributed by atoms with Crippen LogP contribution in [0.1, 0.15) is 49.3 Å². The number of benzene rings is 2. The molecule has 1 aliphatic carbocycles. The standard InChI is InChI=1S/C24H31FN2.2ClH/c25-22-11-7-10-21(19-22)24(18-20-8-3-1-4-9-20)27-16-14-26(15-17-27)23-12-5-2-6-13-23;;/h1,3-4,7-11,19,23-24H,2,5-6,12-18H2;2*1H. The molecule has 0 N–H and O–H groups in total. The topological polar surface area (TPSA) is 6.48 Å².